The van der Waals surface area contributed by atoms with Crippen molar-refractivity contribution in [1.29, 1.82) is 0 Å². The molecule has 26 heavy (non-hydrogen) atoms. The fraction of sp³-hybridized carbons (Fsp3) is 0.211. The molecule has 1 N–H and O–H groups in total. The van der Waals surface area contributed by atoms with Crippen molar-refractivity contribution in [2.75, 3.05) is 20.3 Å². The molecule has 0 aliphatic rings. The third kappa shape index (κ3) is 4.18. The monoisotopic (exact) mass is 353 g/mol. The van der Waals surface area contributed by atoms with Crippen LogP contribution < -0.4 is 20.2 Å². The van der Waals surface area contributed by atoms with Crippen LogP contribution in [-0.2, 0) is 11.3 Å². The van der Waals surface area contributed by atoms with Crippen LogP contribution in [0.5, 0.6) is 11.5 Å². The number of amides is 1. The van der Waals surface area contributed by atoms with Gasteiger partial charge < -0.3 is 14.8 Å². The third-order valence-electron chi connectivity index (χ3n) is 3.81. The van der Waals surface area contributed by atoms with Crippen molar-refractivity contribution in [3.05, 3.63) is 65.0 Å². The van der Waals surface area contributed by atoms with Crippen LogP contribution in [0.25, 0.3) is 10.9 Å². The summed E-state index contributed by atoms with van der Waals surface area (Å²) in [5.41, 5.74) is 0.467. The highest BCUT2D eigenvalue weighted by Gasteiger charge is 2.07. The first-order chi connectivity index (χ1) is 12.7. The van der Waals surface area contributed by atoms with Gasteiger partial charge in [0.05, 0.1) is 25.4 Å². The van der Waals surface area contributed by atoms with E-state index >= 15 is 0 Å². The Kier molecular flexibility index (Phi) is 5.48. The Morgan fingerprint density at radius 2 is 1.85 bits per heavy atom. The highest BCUT2D eigenvalue weighted by molar-refractivity contribution is 5.81. The lowest BCUT2D eigenvalue weighted by Gasteiger charge is -2.10. The molecule has 1 heterocycles. The van der Waals surface area contributed by atoms with E-state index in [0.29, 0.717) is 29.8 Å². The average molecular weight is 353 g/mol. The van der Waals surface area contributed by atoms with Gasteiger partial charge in [-0.25, -0.2) is 0 Å². The number of para-hydroxylation sites is 1. The second kappa shape index (κ2) is 8.15. The van der Waals surface area contributed by atoms with Crippen molar-refractivity contribution >= 4 is 16.8 Å². The number of nitrogens with zero attached hydrogens (tertiary/aromatic N) is 2. The lowest BCUT2D eigenvalue weighted by atomic mass is 10.2. The van der Waals surface area contributed by atoms with Crippen molar-refractivity contribution in [2.24, 2.45) is 0 Å². The van der Waals surface area contributed by atoms with Gasteiger partial charge in [-0.15, -0.1) is 0 Å². The fourth-order valence-corrected chi connectivity index (χ4v) is 2.51. The molecule has 0 aliphatic carbocycles. The minimum atomic E-state index is -0.204. The van der Waals surface area contributed by atoms with E-state index in [1.165, 1.54) is 10.9 Å². The SMILES string of the molecule is COc1ccc(OCCNC(=O)Cn2ncc(=O)c3ccccc32)cc1. The van der Waals surface area contributed by atoms with Gasteiger partial charge in [-0.3, -0.25) is 14.3 Å². The van der Waals surface area contributed by atoms with Gasteiger partial charge in [0, 0.05) is 5.39 Å². The second-order valence-corrected chi connectivity index (χ2v) is 5.56. The van der Waals surface area contributed by atoms with Crippen LogP contribution in [0.3, 0.4) is 0 Å². The van der Waals surface area contributed by atoms with Gasteiger partial charge in [-0.05, 0) is 36.4 Å². The standard InChI is InChI=1S/C19H19N3O4/c1-25-14-6-8-15(9-7-14)26-11-10-20-19(24)13-22-17-5-3-2-4-16(17)18(23)12-21-22/h2-9,12H,10-11,13H2,1H3,(H,20,24). The maximum absolute atomic E-state index is 12.1. The maximum atomic E-state index is 12.1. The number of rotatable bonds is 7. The van der Waals surface area contributed by atoms with E-state index in [2.05, 4.69) is 10.4 Å². The Bertz CT molecular complexity index is 951. The van der Waals surface area contributed by atoms with E-state index in [9.17, 15) is 9.59 Å². The first-order valence-corrected chi connectivity index (χ1v) is 8.16. The Hall–Kier alpha value is -3.35. The predicted molar refractivity (Wildman–Crippen MR) is 97.5 cm³/mol. The zero-order valence-electron chi connectivity index (χ0n) is 14.3. The summed E-state index contributed by atoms with van der Waals surface area (Å²) < 4.78 is 12.1. The van der Waals surface area contributed by atoms with Gasteiger partial charge in [0.1, 0.15) is 24.7 Å². The van der Waals surface area contributed by atoms with Crippen molar-refractivity contribution in [3.63, 3.8) is 0 Å². The Balaban J connectivity index is 1.51. The summed E-state index contributed by atoms with van der Waals surface area (Å²) >= 11 is 0. The van der Waals surface area contributed by atoms with Gasteiger partial charge >= 0.3 is 0 Å². The molecule has 3 rings (SSSR count). The molecule has 134 valence electrons. The van der Waals surface area contributed by atoms with Gasteiger partial charge in [0.15, 0.2) is 0 Å². The van der Waals surface area contributed by atoms with Crippen LogP contribution in [0.1, 0.15) is 0 Å². The van der Waals surface area contributed by atoms with Crippen LogP contribution in [0.4, 0.5) is 0 Å². The Morgan fingerprint density at radius 1 is 1.12 bits per heavy atom. The first-order valence-electron chi connectivity index (χ1n) is 8.16. The number of aromatic nitrogens is 2. The number of hydrogen-bond donors (Lipinski definition) is 1. The molecule has 0 saturated heterocycles. The van der Waals surface area contributed by atoms with Crippen LogP contribution in [-0.4, -0.2) is 35.9 Å². The minimum absolute atomic E-state index is 0.0311. The molecular weight excluding hydrogens is 334 g/mol. The lowest BCUT2D eigenvalue weighted by Crippen LogP contribution is -2.32. The van der Waals surface area contributed by atoms with Crippen LogP contribution >= 0.6 is 0 Å². The fourth-order valence-electron chi connectivity index (χ4n) is 2.51. The van der Waals surface area contributed by atoms with Crippen molar-refractivity contribution in [3.8, 4) is 11.5 Å². The Morgan fingerprint density at radius 3 is 2.62 bits per heavy atom. The van der Waals surface area contributed by atoms with Gasteiger partial charge in [-0.2, -0.15) is 5.10 Å². The minimum Gasteiger partial charge on any atom is -0.497 e. The number of hydrogen-bond acceptors (Lipinski definition) is 5. The largest absolute Gasteiger partial charge is 0.497 e. The molecule has 7 nitrogen and oxygen atoms in total. The number of ether oxygens (including phenoxy) is 2. The summed E-state index contributed by atoms with van der Waals surface area (Å²) in [7, 11) is 1.60. The van der Waals surface area contributed by atoms with Crippen LogP contribution in [0.15, 0.2) is 59.5 Å². The summed E-state index contributed by atoms with van der Waals surface area (Å²) in [6.07, 6.45) is 1.22. The van der Waals surface area contributed by atoms with Crippen molar-refractivity contribution < 1.29 is 14.3 Å². The average Bonchev–Trinajstić information content (AvgIpc) is 2.68. The zero-order chi connectivity index (χ0) is 18.4. The molecule has 0 fully saturated rings. The topological polar surface area (TPSA) is 82.4 Å². The van der Waals surface area contributed by atoms with E-state index in [1.807, 2.05) is 0 Å². The summed E-state index contributed by atoms with van der Waals surface area (Å²) in [5.74, 6) is 1.25. The lowest BCUT2D eigenvalue weighted by molar-refractivity contribution is -0.121. The number of carbonyl (C=O) groups is 1. The Labute approximate surface area is 150 Å². The molecule has 1 aromatic heterocycles. The summed E-state index contributed by atoms with van der Waals surface area (Å²) in [6, 6.07) is 14.3. The van der Waals surface area contributed by atoms with E-state index in [-0.39, 0.29) is 17.9 Å². The predicted octanol–water partition coefficient (Wildman–Crippen LogP) is 1.60. The summed E-state index contributed by atoms with van der Waals surface area (Å²) in [4.78, 5) is 23.9. The highest BCUT2D eigenvalue weighted by atomic mass is 16.5. The zero-order valence-corrected chi connectivity index (χ0v) is 14.3. The molecule has 0 atom stereocenters. The number of methoxy groups -OCH3 is 1. The molecular formula is C19H19N3O4. The molecule has 2 aromatic carbocycles. The van der Waals surface area contributed by atoms with Crippen LogP contribution in [0, 0.1) is 0 Å². The van der Waals surface area contributed by atoms with E-state index in [4.69, 9.17) is 9.47 Å². The quantitative estimate of drug-likeness (QED) is 0.653. The summed E-state index contributed by atoms with van der Waals surface area (Å²) in [5, 5.41) is 7.35. The number of carbonyl (C=O) groups excluding carboxylic acids is 1. The molecule has 3 aromatic rings. The van der Waals surface area contributed by atoms with E-state index in [1.54, 1.807) is 55.6 Å². The van der Waals surface area contributed by atoms with Crippen molar-refractivity contribution in [1.82, 2.24) is 15.1 Å². The van der Waals surface area contributed by atoms with Crippen LogP contribution in [0.2, 0.25) is 0 Å². The highest BCUT2D eigenvalue weighted by Crippen LogP contribution is 2.16. The van der Waals surface area contributed by atoms with Gasteiger partial charge in [0.25, 0.3) is 0 Å². The molecule has 0 spiro atoms. The molecule has 0 saturated carbocycles. The smallest absolute Gasteiger partial charge is 0.241 e. The third-order valence-corrected chi connectivity index (χ3v) is 3.81. The molecule has 0 radical (unpaired) electrons. The number of benzene rings is 2. The first kappa shape index (κ1) is 17.5. The molecule has 0 aliphatic heterocycles. The molecule has 7 heteroatoms. The van der Waals surface area contributed by atoms with E-state index in [0.717, 1.165) is 5.75 Å². The molecule has 1 amide bonds. The molecule has 0 unspecified atom stereocenters. The number of fused-ring (bicyclic) bond motifs is 1. The second-order valence-electron chi connectivity index (χ2n) is 5.56. The molecule has 0 bridgehead atoms. The maximum Gasteiger partial charge on any atom is 0.241 e. The normalized spacial score (nSPS) is 10.5. The van der Waals surface area contributed by atoms with Gasteiger partial charge in [-0.1, -0.05) is 12.1 Å². The number of nitrogens with one attached hydrogen (secondary N) is 1. The van der Waals surface area contributed by atoms with Crippen molar-refractivity contribution in [2.45, 2.75) is 6.54 Å². The summed E-state index contributed by atoms with van der Waals surface area (Å²) in [6.45, 7) is 0.739. The van der Waals surface area contributed by atoms with Gasteiger partial charge in [0.2, 0.25) is 11.3 Å². The van der Waals surface area contributed by atoms with E-state index < -0.39 is 0 Å².